The molecule has 0 bridgehead atoms. The molecular weight excluding hydrogens is 757 g/mol. The van der Waals surface area contributed by atoms with Crippen LogP contribution in [0.3, 0.4) is 0 Å². The largest absolute Gasteiger partial charge is 0.258 e. The molecule has 3 heterocycles. The second-order valence-electron chi connectivity index (χ2n) is 15.3. The molecule has 10 aromatic rings. The summed E-state index contributed by atoms with van der Waals surface area (Å²) < 4.78 is 0. The van der Waals surface area contributed by atoms with E-state index in [-0.39, 0.29) is 0 Å². The van der Waals surface area contributed by atoms with E-state index < -0.39 is 0 Å². The van der Waals surface area contributed by atoms with E-state index in [1.165, 1.54) is 0 Å². The standard InChI is InChI=1S/C56H40N6/c1-37-33-46(34-38(2)57-37)50-35-45(39-27-29-44(30-28-39)55-61-53(42-21-11-5-12-22-42)60-54(62-55)43-23-13-6-14-24-43)31-32-48(50)47-25-15-16-26-49(47)56-58-51(40-17-7-3-8-18-40)36-52(59-56)41-19-9-4-10-20-41/h3-36H,1-2H3. The van der Waals surface area contributed by atoms with Crippen molar-refractivity contribution in [2.45, 2.75) is 13.8 Å². The third-order valence-electron chi connectivity index (χ3n) is 10.9. The van der Waals surface area contributed by atoms with Crippen molar-refractivity contribution in [2.24, 2.45) is 0 Å². The van der Waals surface area contributed by atoms with Gasteiger partial charge in [-0.2, -0.15) is 0 Å². The Bertz CT molecular complexity index is 3030. The molecule has 0 fully saturated rings. The molecule has 3 aromatic heterocycles. The SMILES string of the molecule is Cc1cc(-c2cc(-c3ccc(-c4nc(-c5ccccc5)nc(-c5ccccc5)n4)cc3)ccc2-c2ccccc2-c2nc(-c3ccccc3)cc(-c3ccccc3)n2)cc(C)n1. The van der Waals surface area contributed by atoms with Crippen LogP contribution in [0.1, 0.15) is 11.4 Å². The molecule has 6 nitrogen and oxygen atoms in total. The minimum atomic E-state index is 0.619. The summed E-state index contributed by atoms with van der Waals surface area (Å²) in [6.07, 6.45) is 0. The molecule has 10 rings (SSSR count). The lowest BCUT2D eigenvalue weighted by atomic mass is 9.88. The van der Waals surface area contributed by atoms with Gasteiger partial charge in [-0.1, -0.05) is 182 Å². The van der Waals surface area contributed by atoms with Gasteiger partial charge in [-0.05, 0) is 71.5 Å². The molecule has 62 heavy (non-hydrogen) atoms. The Hall–Kier alpha value is -8.22. The zero-order valence-electron chi connectivity index (χ0n) is 34.3. The lowest BCUT2D eigenvalue weighted by Crippen LogP contribution is -2.00. The number of hydrogen-bond donors (Lipinski definition) is 0. The Morgan fingerprint density at radius 1 is 0.226 bits per heavy atom. The van der Waals surface area contributed by atoms with Gasteiger partial charge in [0.2, 0.25) is 0 Å². The molecule has 0 saturated carbocycles. The van der Waals surface area contributed by atoms with Crippen LogP contribution in [-0.4, -0.2) is 29.9 Å². The molecule has 0 atom stereocenters. The number of hydrogen-bond acceptors (Lipinski definition) is 6. The van der Waals surface area contributed by atoms with Crippen LogP contribution in [0.4, 0.5) is 0 Å². The maximum Gasteiger partial charge on any atom is 0.164 e. The lowest BCUT2D eigenvalue weighted by Gasteiger charge is -2.17. The molecule has 0 aliphatic heterocycles. The van der Waals surface area contributed by atoms with Crippen LogP contribution in [-0.2, 0) is 0 Å². The Morgan fingerprint density at radius 3 is 1.11 bits per heavy atom. The maximum atomic E-state index is 5.22. The van der Waals surface area contributed by atoms with Gasteiger partial charge in [0.25, 0.3) is 0 Å². The van der Waals surface area contributed by atoms with Crippen molar-refractivity contribution < 1.29 is 0 Å². The molecular formula is C56H40N6. The van der Waals surface area contributed by atoms with Gasteiger partial charge < -0.3 is 0 Å². The average Bonchev–Trinajstić information content (AvgIpc) is 3.34. The van der Waals surface area contributed by atoms with Crippen molar-refractivity contribution in [3.8, 4) is 101 Å². The summed E-state index contributed by atoms with van der Waals surface area (Å²) in [5, 5.41) is 0. The van der Waals surface area contributed by atoms with Crippen LogP contribution in [0.5, 0.6) is 0 Å². The van der Waals surface area contributed by atoms with E-state index in [1.807, 2.05) is 111 Å². The van der Waals surface area contributed by atoms with Crippen molar-refractivity contribution in [1.29, 1.82) is 0 Å². The van der Waals surface area contributed by atoms with Gasteiger partial charge in [0.1, 0.15) is 0 Å². The first-order chi connectivity index (χ1) is 30.5. The molecule has 0 radical (unpaired) electrons. The zero-order chi connectivity index (χ0) is 41.8. The van der Waals surface area contributed by atoms with Crippen molar-refractivity contribution >= 4 is 0 Å². The third-order valence-corrected chi connectivity index (χ3v) is 10.9. The van der Waals surface area contributed by atoms with E-state index in [9.17, 15) is 0 Å². The van der Waals surface area contributed by atoms with Crippen molar-refractivity contribution in [3.63, 3.8) is 0 Å². The molecule has 294 valence electrons. The topological polar surface area (TPSA) is 77.3 Å². The highest BCUT2D eigenvalue weighted by Crippen LogP contribution is 2.41. The fraction of sp³-hybridized carbons (Fsp3) is 0.0357. The van der Waals surface area contributed by atoms with Crippen LogP contribution in [0, 0.1) is 13.8 Å². The number of aryl methyl sites for hydroxylation is 2. The highest BCUT2D eigenvalue weighted by Gasteiger charge is 2.19. The Labute approximate surface area is 361 Å². The van der Waals surface area contributed by atoms with Gasteiger partial charge in [-0.25, -0.2) is 24.9 Å². The van der Waals surface area contributed by atoms with Crippen molar-refractivity contribution in [1.82, 2.24) is 29.9 Å². The molecule has 0 unspecified atom stereocenters. The average molecular weight is 797 g/mol. The van der Waals surface area contributed by atoms with Crippen LogP contribution in [0.15, 0.2) is 206 Å². The Balaban J connectivity index is 1.08. The third kappa shape index (κ3) is 7.93. The second-order valence-corrected chi connectivity index (χ2v) is 15.3. The maximum absolute atomic E-state index is 5.22. The van der Waals surface area contributed by atoms with Gasteiger partial charge in [-0.3, -0.25) is 4.98 Å². The monoisotopic (exact) mass is 796 g/mol. The lowest BCUT2D eigenvalue weighted by molar-refractivity contribution is 1.07. The summed E-state index contributed by atoms with van der Waals surface area (Å²) in [4.78, 5) is 30.0. The van der Waals surface area contributed by atoms with E-state index in [1.54, 1.807) is 0 Å². The Kier molecular flexibility index (Phi) is 10.3. The quantitative estimate of drug-likeness (QED) is 0.145. The summed E-state index contributed by atoms with van der Waals surface area (Å²) >= 11 is 0. The molecule has 6 heteroatoms. The number of benzene rings is 7. The van der Waals surface area contributed by atoms with Crippen LogP contribution >= 0.6 is 0 Å². The van der Waals surface area contributed by atoms with E-state index in [0.717, 1.165) is 89.5 Å². The van der Waals surface area contributed by atoms with E-state index in [4.69, 9.17) is 29.9 Å². The smallest absolute Gasteiger partial charge is 0.164 e. The summed E-state index contributed by atoms with van der Waals surface area (Å²) in [5.74, 6) is 2.55. The highest BCUT2D eigenvalue weighted by molar-refractivity contribution is 5.93. The first kappa shape index (κ1) is 38.0. The molecule has 0 aliphatic carbocycles. The van der Waals surface area contributed by atoms with Gasteiger partial charge in [-0.15, -0.1) is 0 Å². The minimum Gasteiger partial charge on any atom is -0.258 e. The molecule has 0 amide bonds. The fourth-order valence-electron chi connectivity index (χ4n) is 7.93. The number of aromatic nitrogens is 6. The van der Waals surface area contributed by atoms with Gasteiger partial charge in [0, 0.05) is 44.8 Å². The van der Waals surface area contributed by atoms with Crippen molar-refractivity contribution in [3.05, 3.63) is 218 Å². The van der Waals surface area contributed by atoms with E-state index in [0.29, 0.717) is 23.3 Å². The normalized spacial score (nSPS) is 11.1. The molecule has 0 aliphatic rings. The van der Waals surface area contributed by atoms with E-state index in [2.05, 4.69) is 109 Å². The molecule has 0 N–H and O–H groups in total. The van der Waals surface area contributed by atoms with Gasteiger partial charge >= 0.3 is 0 Å². The van der Waals surface area contributed by atoms with Crippen LogP contribution < -0.4 is 0 Å². The summed E-state index contributed by atoms with van der Waals surface area (Å²) in [6, 6.07) is 70.8. The van der Waals surface area contributed by atoms with Crippen LogP contribution in [0.25, 0.3) is 101 Å². The molecule has 7 aromatic carbocycles. The molecule has 0 spiro atoms. The number of rotatable bonds is 9. The van der Waals surface area contributed by atoms with Crippen molar-refractivity contribution in [2.75, 3.05) is 0 Å². The first-order valence-corrected chi connectivity index (χ1v) is 20.7. The summed E-state index contributed by atoms with van der Waals surface area (Å²) in [6.45, 7) is 4.10. The second kappa shape index (κ2) is 16.8. The van der Waals surface area contributed by atoms with E-state index >= 15 is 0 Å². The number of nitrogens with zero attached hydrogens (tertiary/aromatic N) is 6. The zero-order valence-corrected chi connectivity index (χ0v) is 34.3. The predicted octanol–water partition coefficient (Wildman–Crippen LogP) is 13.7. The number of pyridine rings is 1. The van der Waals surface area contributed by atoms with Crippen LogP contribution in [0.2, 0.25) is 0 Å². The highest BCUT2D eigenvalue weighted by atomic mass is 15.0. The Morgan fingerprint density at radius 2 is 0.613 bits per heavy atom. The predicted molar refractivity (Wildman–Crippen MR) is 252 cm³/mol. The summed E-state index contributed by atoms with van der Waals surface area (Å²) in [5.41, 5.74) is 15.9. The minimum absolute atomic E-state index is 0.619. The fourth-order valence-corrected chi connectivity index (χ4v) is 7.93. The van der Waals surface area contributed by atoms with Gasteiger partial charge in [0.05, 0.1) is 11.4 Å². The summed E-state index contributed by atoms with van der Waals surface area (Å²) in [7, 11) is 0. The van der Waals surface area contributed by atoms with Gasteiger partial charge in [0.15, 0.2) is 23.3 Å². The first-order valence-electron chi connectivity index (χ1n) is 20.7. The molecule has 0 saturated heterocycles.